The van der Waals surface area contributed by atoms with Crippen molar-refractivity contribution in [3.05, 3.63) is 83.7 Å². The zero-order valence-electron chi connectivity index (χ0n) is 18.4. The molecule has 1 N–H and O–H groups in total. The van der Waals surface area contributed by atoms with Crippen molar-refractivity contribution in [2.75, 3.05) is 24.6 Å². The first-order valence-corrected chi connectivity index (χ1v) is 11.1. The van der Waals surface area contributed by atoms with Crippen LogP contribution in [0.25, 0.3) is 5.76 Å². The van der Waals surface area contributed by atoms with Crippen LogP contribution in [0.4, 0.5) is 10.1 Å². The fourth-order valence-electron chi connectivity index (χ4n) is 5.17. The van der Waals surface area contributed by atoms with Gasteiger partial charge in [0.05, 0.1) is 17.4 Å². The monoisotopic (exact) mass is 462 g/mol. The van der Waals surface area contributed by atoms with Crippen LogP contribution in [0.5, 0.6) is 0 Å². The van der Waals surface area contributed by atoms with Gasteiger partial charge in [0.15, 0.2) is 5.54 Å². The highest BCUT2D eigenvalue weighted by molar-refractivity contribution is 6.50. The Bertz CT molecular complexity index is 1230. The van der Waals surface area contributed by atoms with Crippen molar-refractivity contribution >= 4 is 29.0 Å². The summed E-state index contributed by atoms with van der Waals surface area (Å²) in [5.74, 6) is -3.44. The first kappa shape index (κ1) is 22.0. The van der Waals surface area contributed by atoms with Gasteiger partial charge in [0, 0.05) is 30.8 Å². The maximum Gasteiger partial charge on any atom is 0.296 e. The molecule has 2 aromatic rings. The van der Waals surface area contributed by atoms with Crippen molar-refractivity contribution in [1.82, 2.24) is 4.90 Å². The van der Waals surface area contributed by atoms with Crippen molar-refractivity contribution in [2.45, 2.75) is 24.5 Å². The summed E-state index contributed by atoms with van der Waals surface area (Å²) in [7, 11) is 0. The normalized spacial score (nSPS) is 25.4. The lowest BCUT2D eigenvalue weighted by Gasteiger charge is -2.35. The molecule has 7 nitrogen and oxygen atoms in total. The molecule has 8 heteroatoms. The number of carbonyl (C=O) groups excluding carboxylic acids is 3. The Labute approximate surface area is 195 Å². The van der Waals surface area contributed by atoms with Gasteiger partial charge >= 0.3 is 0 Å². The summed E-state index contributed by atoms with van der Waals surface area (Å²) in [6.07, 6.45) is 2.71. The molecule has 3 aliphatic heterocycles. The van der Waals surface area contributed by atoms with Gasteiger partial charge in [-0.2, -0.15) is 0 Å². The van der Waals surface area contributed by atoms with Gasteiger partial charge in [0.1, 0.15) is 11.6 Å². The zero-order valence-corrected chi connectivity index (χ0v) is 18.4. The highest BCUT2D eigenvalue weighted by Gasteiger charge is 2.67. The first-order chi connectivity index (χ1) is 16.4. The minimum Gasteiger partial charge on any atom is -0.507 e. The summed E-state index contributed by atoms with van der Waals surface area (Å²) in [6, 6.07) is 11.8. The molecule has 0 aromatic heterocycles. The van der Waals surface area contributed by atoms with Crippen LogP contribution in [0, 0.1) is 5.82 Å². The van der Waals surface area contributed by atoms with Crippen molar-refractivity contribution < 1.29 is 28.6 Å². The van der Waals surface area contributed by atoms with Gasteiger partial charge in [-0.25, -0.2) is 4.39 Å². The maximum absolute atomic E-state index is 14.1. The van der Waals surface area contributed by atoms with Crippen molar-refractivity contribution in [2.24, 2.45) is 0 Å². The minimum absolute atomic E-state index is 0.0206. The molecule has 174 valence electrons. The molecule has 2 unspecified atom stereocenters. The van der Waals surface area contributed by atoms with Crippen molar-refractivity contribution in [1.29, 1.82) is 0 Å². The molecule has 2 fully saturated rings. The van der Waals surface area contributed by atoms with E-state index in [1.54, 1.807) is 30.3 Å². The fourth-order valence-corrected chi connectivity index (χ4v) is 5.17. The number of likely N-dealkylation sites (tertiary alicyclic amines) is 1. The summed E-state index contributed by atoms with van der Waals surface area (Å²) in [6.45, 7) is 4.43. The molecule has 0 aliphatic carbocycles. The number of anilines is 1. The molecule has 2 saturated heterocycles. The molecule has 34 heavy (non-hydrogen) atoms. The number of hydrogen-bond acceptors (Lipinski definition) is 5. The van der Waals surface area contributed by atoms with E-state index in [0.717, 1.165) is 18.6 Å². The number of rotatable bonds is 5. The van der Waals surface area contributed by atoms with Crippen LogP contribution in [0.3, 0.4) is 0 Å². The summed E-state index contributed by atoms with van der Waals surface area (Å²) < 4.78 is 19.3. The van der Waals surface area contributed by atoms with E-state index in [1.807, 2.05) is 0 Å². The summed E-state index contributed by atoms with van der Waals surface area (Å²) >= 11 is 0. The molecule has 0 radical (unpaired) electrons. The second-order valence-electron chi connectivity index (χ2n) is 8.54. The van der Waals surface area contributed by atoms with Crippen LogP contribution >= 0.6 is 0 Å². The number of benzene rings is 2. The van der Waals surface area contributed by atoms with Crippen LogP contribution in [0.15, 0.2) is 66.8 Å². The predicted molar refractivity (Wildman–Crippen MR) is 122 cm³/mol. The highest BCUT2D eigenvalue weighted by atomic mass is 19.1. The highest BCUT2D eigenvalue weighted by Crippen LogP contribution is 2.53. The van der Waals surface area contributed by atoms with Gasteiger partial charge in [-0.1, -0.05) is 24.3 Å². The Kier molecular flexibility index (Phi) is 5.32. The molecule has 3 aliphatic rings. The summed E-state index contributed by atoms with van der Waals surface area (Å²) in [5, 5.41) is 11.3. The molecule has 0 saturated carbocycles. The predicted octanol–water partition coefficient (Wildman–Crippen LogP) is 3.11. The van der Waals surface area contributed by atoms with E-state index in [9.17, 15) is 23.9 Å². The average molecular weight is 462 g/mol. The number of ether oxygens (including phenoxy) is 1. The second kappa shape index (κ2) is 8.22. The van der Waals surface area contributed by atoms with E-state index in [2.05, 4.69) is 6.58 Å². The number of Topliss-reactive ketones (excluding diaryl/α,β-unsaturated/α-hetero) is 1. The van der Waals surface area contributed by atoms with Crippen LogP contribution < -0.4 is 4.90 Å². The lowest BCUT2D eigenvalue weighted by atomic mass is 9.81. The Morgan fingerprint density at radius 1 is 1.18 bits per heavy atom. The zero-order chi connectivity index (χ0) is 24.0. The molecule has 3 heterocycles. The Balaban J connectivity index is 1.79. The number of amides is 2. The first-order valence-electron chi connectivity index (χ1n) is 11.1. The standard InChI is InChI=1S/C26H23FN2O5/c1-2-13-28-20-8-4-3-7-19(20)26(25(28)33)21(22(30)16-9-11-17(27)12-10-16)23(31)24(32)29(26)15-18-6-5-14-34-18/h2-4,7-12,18,30H,1,5-6,13-15H2. The third kappa shape index (κ3) is 3.02. The number of ketones is 1. The third-order valence-electron chi connectivity index (χ3n) is 6.65. The maximum atomic E-state index is 14.1. The molecule has 2 atom stereocenters. The van der Waals surface area contributed by atoms with Crippen LogP contribution in [-0.4, -0.2) is 53.4 Å². The number of aliphatic hydroxyl groups excluding tert-OH is 1. The number of nitrogens with zero attached hydrogens (tertiary/aromatic N) is 2. The van der Waals surface area contributed by atoms with E-state index in [1.165, 1.54) is 21.9 Å². The number of hydrogen-bond donors (Lipinski definition) is 1. The molecule has 1 spiro atoms. The molecular formula is C26H23FN2O5. The fraction of sp³-hybridized carbons (Fsp3) is 0.269. The van der Waals surface area contributed by atoms with E-state index in [-0.39, 0.29) is 30.3 Å². The molecule has 5 rings (SSSR count). The van der Waals surface area contributed by atoms with E-state index in [0.29, 0.717) is 24.3 Å². The third-order valence-corrected chi connectivity index (χ3v) is 6.65. The largest absolute Gasteiger partial charge is 0.507 e. The quantitative estimate of drug-likeness (QED) is 0.319. The second-order valence-corrected chi connectivity index (χ2v) is 8.54. The summed E-state index contributed by atoms with van der Waals surface area (Å²) in [4.78, 5) is 43.7. The number of para-hydroxylation sites is 1. The smallest absolute Gasteiger partial charge is 0.296 e. The molecular weight excluding hydrogens is 439 g/mol. The number of aliphatic hydroxyl groups is 1. The number of halogens is 1. The van der Waals surface area contributed by atoms with E-state index < -0.39 is 34.7 Å². The van der Waals surface area contributed by atoms with Gasteiger partial charge in [0.25, 0.3) is 17.6 Å². The van der Waals surface area contributed by atoms with Gasteiger partial charge in [-0.15, -0.1) is 6.58 Å². The van der Waals surface area contributed by atoms with Gasteiger partial charge in [-0.05, 0) is 43.2 Å². The van der Waals surface area contributed by atoms with Crippen LogP contribution in [-0.2, 0) is 24.7 Å². The summed E-state index contributed by atoms with van der Waals surface area (Å²) in [5.41, 5.74) is -1.12. The van der Waals surface area contributed by atoms with Crippen molar-refractivity contribution in [3.63, 3.8) is 0 Å². The minimum atomic E-state index is -1.86. The molecule has 2 amide bonds. The van der Waals surface area contributed by atoms with Crippen LogP contribution in [0.2, 0.25) is 0 Å². The average Bonchev–Trinajstić information content (AvgIpc) is 3.49. The van der Waals surface area contributed by atoms with Gasteiger partial charge in [0.2, 0.25) is 0 Å². The lowest BCUT2D eigenvalue weighted by Crippen LogP contribution is -2.53. The van der Waals surface area contributed by atoms with E-state index in [4.69, 9.17) is 4.74 Å². The van der Waals surface area contributed by atoms with Gasteiger partial charge < -0.3 is 19.6 Å². The number of carbonyl (C=O) groups is 3. The molecule has 2 aromatic carbocycles. The van der Waals surface area contributed by atoms with E-state index >= 15 is 0 Å². The topological polar surface area (TPSA) is 87.2 Å². The van der Waals surface area contributed by atoms with Crippen molar-refractivity contribution in [3.8, 4) is 0 Å². The number of fused-ring (bicyclic) bond motifs is 2. The SMILES string of the molecule is C=CCN1C(=O)C2(C(=C(O)c3ccc(F)cc3)C(=O)C(=O)N2CC2CCCO2)c2ccccc21. The Hall–Kier alpha value is -3.78. The van der Waals surface area contributed by atoms with Gasteiger partial charge in [-0.3, -0.25) is 14.4 Å². The Morgan fingerprint density at radius 3 is 2.59 bits per heavy atom. The molecule has 0 bridgehead atoms. The Morgan fingerprint density at radius 2 is 1.91 bits per heavy atom. The van der Waals surface area contributed by atoms with Crippen LogP contribution in [0.1, 0.15) is 24.0 Å². The lowest BCUT2D eigenvalue weighted by molar-refractivity contribution is -0.145.